The average molecular weight is 728 g/mol. The molecular weight excluding hydrogens is 706 g/mol. The summed E-state index contributed by atoms with van der Waals surface area (Å²) < 4.78 is 72.2. The molecule has 1 amide bonds. The van der Waals surface area contributed by atoms with Gasteiger partial charge in [0.15, 0.2) is 0 Å². The summed E-state index contributed by atoms with van der Waals surface area (Å²) in [5, 5.41) is 3.33. The molecule has 0 spiro atoms. The third-order valence-electron chi connectivity index (χ3n) is 5.84. The highest BCUT2D eigenvalue weighted by molar-refractivity contribution is 9.10. The Bertz CT molecular complexity index is 1860. The van der Waals surface area contributed by atoms with Crippen LogP contribution in [0.1, 0.15) is 5.56 Å². The number of halogens is 8. The van der Waals surface area contributed by atoms with Crippen molar-refractivity contribution in [2.45, 2.75) is 6.18 Å². The van der Waals surface area contributed by atoms with Crippen molar-refractivity contribution in [2.75, 3.05) is 19.5 Å². The minimum Gasteiger partial charge on any atom is -0.496 e. The van der Waals surface area contributed by atoms with Gasteiger partial charge in [0.05, 0.1) is 35.6 Å². The zero-order valence-electron chi connectivity index (χ0n) is 23.3. The summed E-state index contributed by atoms with van der Waals surface area (Å²) >= 11 is 14.4. The number of nitrogens with one attached hydrogen (secondary N) is 2. The molecule has 0 aliphatic carbocycles. The molecule has 1 heterocycles. The molecule has 0 fully saturated rings. The number of terminal acetylenes is 1. The van der Waals surface area contributed by atoms with E-state index >= 15 is 0 Å². The van der Waals surface area contributed by atoms with E-state index in [1.807, 2.05) is 6.07 Å². The fourth-order valence-corrected chi connectivity index (χ4v) is 4.45. The van der Waals surface area contributed by atoms with E-state index in [2.05, 4.69) is 26.8 Å². The molecule has 13 heteroatoms. The van der Waals surface area contributed by atoms with Crippen molar-refractivity contribution in [3.8, 4) is 35.1 Å². The number of carbonyl (C=O) groups excluding carboxylic acids is 1. The molecule has 0 atom stereocenters. The van der Waals surface area contributed by atoms with Crippen molar-refractivity contribution in [1.29, 1.82) is 0 Å². The van der Waals surface area contributed by atoms with Crippen LogP contribution in [-0.4, -0.2) is 31.3 Å². The Labute approximate surface area is 273 Å². The average Bonchev–Trinajstić information content (AvgIpc) is 3.45. The summed E-state index contributed by atoms with van der Waals surface area (Å²) in [6.45, 7) is 0. The molecule has 234 valence electrons. The van der Waals surface area contributed by atoms with Crippen LogP contribution >= 0.6 is 39.1 Å². The van der Waals surface area contributed by atoms with Gasteiger partial charge in [-0.25, -0.2) is 8.78 Å². The maximum Gasteiger partial charge on any atom is 0.471 e. The van der Waals surface area contributed by atoms with Crippen LogP contribution in [0.5, 0.6) is 11.5 Å². The van der Waals surface area contributed by atoms with Crippen LogP contribution in [0, 0.1) is 24.0 Å². The van der Waals surface area contributed by atoms with E-state index in [9.17, 15) is 26.7 Å². The first kappa shape index (κ1) is 35.2. The number of aromatic amines is 1. The number of anilines is 1. The molecule has 1 aromatic heterocycles. The van der Waals surface area contributed by atoms with Crippen LogP contribution < -0.4 is 14.8 Å². The normalized spacial score (nSPS) is 10.5. The highest BCUT2D eigenvalue weighted by Gasteiger charge is 2.39. The largest absolute Gasteiger partial charge is 0.496 e. The summed E-state index contributed by atoms with van der Waals surface area (Å²) in [5.74, 6) is 0.698. The Morgan fingerprint density at radius 1 is 0.889 bits per heavy atom. The molecule has 0 saturated carbocycles. The predicted molar refractivity (Wildman–Crippen MR) is 170 cm³/mol. The highest BCUT2D eigenvalue weighted by Crippen LogP contribution is 2.34. The van der Waals surface area contributed by atoms with Crippen molar-refractivity contribution >= 4 is 61.6 Å². The molecule has 0 radical (unpaired) electrons. The second-order valence-electron chi connectivity index (χ2n) is 8.77. The van der Waals surface area contributed by atoms with Crippen LogP contribution in [-0.2, 0) is 4.79 Å². The number of aromatic nitrogens is 1. The molecule has 0 bridgehead atoms. The van der Waals surface area contributed by atoms with Crippen LogP contribution in [0.25, 0.3) is 22.2 Å². The van der Waals surface area contributed by atoms with Gasteiger partial charge in [-0.3, -0.25) is 4.79 Å². The smallest absolute Gasteiger partial charge is 0.471 e. The summed E-state index contributed by atoms with van der Waals surface area (Å²) in [6, 6.07) is 20.6. The number of hydrogen-bond acceptors (Lipinski definition) is 3. The van der Waals surface area contributed by atoms with Crippen LogP contribution in [0.4, 0.5) is 27.6 Å². The lowest BCUT2D eigenvalue weighted by molar-refractivity contribution is -0.167. The highest BCUT2D eigenvalue weighted by atomic mass is 79.9. The second kappa shape index (κ2) is 15.7. The van der Waals surface area contributed by atoms with E-state index in [1.165, 1.54) is 12.1 Å². The van der Waals surface area contributed by atoms with Gasteiger partial charge in [-0.1, -0.05) is 41.3 Å². The van der Waals surface area contributed by atoms with E-state index in [1.54, 1.807) is 68.1 Å². The van der Waals surface area contributed by atoms with Gasteiger partial charge in [-0.2, -0.15) is 13.2 Å². The van der Waals surface area contributed by atoms with Crippen molar-refractivity contribution in [1.82, 2.24) is 4.98 Å². The number of hydrogen-bond donors (Lipinski definition) is 2. The third kappa shape index (κ3) is 9.38. The number of rotatable bonds is 4. The van der Waals surface area contributed by atoms with E-state index < -0.39 is 17.9 Å². The van der Waals surface area contributed by atoms with Gasteiger partial charge in [0.25, 0.3) is 0 Å². The van der Waals surface area contributed by atoms with Gasteiger partial charge in [0, 0.05) is 26.5 Å². The lowest BCUT2D eigenvalue weighted by Crippen LogP contribution is -2.30. The first-order valence-corrected chi connectivity index (χ1v) is 14.1. The quantitative estimate of drug-likeness (QED) is 0.143. The number of carbonyl (C=O) groups is 1. The fourth-order valence-electron chi connectivity index (χ4n) is 3.74. The van der Waals surface area contributed by atoms with E-state index in [0.717, 1.165) is 28.9 Å². The van der Waals surface area contributed by atoms with Gasteiger partial charge < -0.3 is 19.8 Å². The van der Waals surface area contributed by atoms with Gasteiger partial charge in [-0.05, 0) is 82.7 Å². The molecule has 5 nitrogen and oxygen atoms in total. The van der Waals surface area contributed by atoms with E-state index in [-0.39, 0.29) is 16.0 Å². The number of fused-ring (bicyclic) bond motifs is 1. The Morgan fingerprint density at radius 3 is 2.09 bits per heavy atom. The number of methoxy groups -OCH3 is 2. The number of H-pyrrole nitrogens is 1. The van der Waals surface area contributed by atoms with Gasteiger partial charge >= 0.3 is 12.1 Å². The number of amides is 1. The molecular formula is C32H22BrCl2F5N2O3. The number of benzene rings is 4. The van der Waals surface area contributed by atoms with Gasteiger partial charge in [-0.15, -0.1) is 6.42 Å². The molecule has 0 saturated heterocycles. The standard InChI is InChI=1S/C15H11ClFNO.C9H7ClO.C8H4BrF4NO/c1-19-15-6-5-9(16)7-11(15)14-8-10-12(17)3-2-4-13(10)18-14;1-3-7-6-8(10)4-5-9(7)11-2;9-6-4(10)2-1-3-5(6)14-7(15)8(11,12)13/h2-8,18H,1H3;1,4-6H,2H3;1-3H,(H,14,15). The summed E-state index contributed by atoms with van der Waals surface area (Å²) in [4.78, 5) is 13.7. The zero-order valence-corrected chi connectivity index (χ0v) is 26.4. The van der Waals surface area contributed by atoms with Crippen molar-refractivity contribution in [2.24, 2.45) is 0 Å². The zero-order chi connectivity index (χ0) is 33.3. The third-order valence-corrected chi connectivity index (χ3v) is 7.11. The molecule has 0 unspecified atom stereocenters. The van der Waals surface area contributed by atoms with Crippen LogP contribution in [0.15, 0.2) is 83.3 Å². The molecule has 5 aromatic rings. The summed E-state index contributed by atoms with van der Waals surface area (Å²) in [6.07, 6.45) is 0.212. The Morgan fingerprint density at radius 2 is 1.49 bits per heavy atom. The van der Waals surface area contributed by atoms with Crippen LogP contribution in [0.3, 0.4) is 0 Å². The predicted octanol–water partition coefficient (Wildman–Crippen LogP) is 10.1. The SMILES string of the molecule is C#Cc1cc(Cl)ccc1OC.COc1ccc(Cl)cc1-c1cc2c(F)cccc2[nH]1.O=C(Nc1cccc(F)c1Br)C(F)(F)F. The van der Waals surface area contributed by atoms with Crippen molar-refractivity contribution in [3.63, 3.8) is 0 Å². The van der Waals surface area contributed by atoms with Gasteiger partial charge in [0.2, 0.25) is 0 Å². The Hall–Kier alpha value is -4.24. The molecule has 0 aliphatic heterocycles. The first-order valence-electron chi connectivity index (χ1n) is 12.5. The first-order chi connectivity index (χ1) is 21.3. The number of alkyl halides is 3. The second-order valence-corrected chi connectivity index (χ2v) is 10.4. The van der Waals surface area contributed by atoms with Crippen LogP contribution in [0.2, 0.25) is 10.0 Å². The summed E-state index contributed by atoms with van der Waals surface area (Å²) in [5.41, 5.74) is 2.75. The topological polar surface area (TPSA) is 63.4 Å². The van der Waals surface area contributed by atoms with E-state index in [4.69, 9.17) is 39.1 Å². The molecule has 2 N–H and O–H groups in total. The lowest BCUT2D eigenvalue weighted by atomic mass is 10.1. The maximum atomic E-state index is 13.7. The maximum absolute atomic E-state index is 13.7. The minimum atomic E-state index is -4.99. The summed E-state index contributed by atoms with van der Waals surface area (Å²) in [7, 11) is 3.17. The van der Waals surface area contributed by atoms with Crippen molar-refractivity contribution in [3.05, 3.63) is 111 Å². The van der Waals surface area contributed by atoms with Gasteiger partial charge in [0.1, 0.15) is 23.1 Å². The fraction of sp³-hybridized carbons (Fsp3) is 0.0938. The monoisotopic (exact) mass is 726 g/mol. The van der Waals surface area contributed by atoms with Crippen molar-refractivity contribution < 1.29 is 36.2 Å². The molecule has 45 heavy (non-hydrogen) atoms. The lowest BCUT2D eigenvalue weighted by Gasteiger charge is -2.09. The minimum absolute atomic E-state index is 0.220. The number of ether oxygens (including phenoxy) is 2. The Kier molecular flexibility index (Phi) is 12.3. The molecule has 5 rings (SSSR count). The molecule has 4 aromatic carbocycles. The Balaban J connectivity index is 0.000000192. The van der Waals surface area contributed by atoms with E-state index in [0.29, 0.717) is 32.5 Å². The molecule has 0 aliphatic rings.